The SMILES string of the molecule is CC(Oc1ccc(Cl)cc1)C(=O)N1CCN(S(C)(=O)=O)CC1. The minimum Gasteiger partial charge on any atom is -0.481 e. The van der Waals surface area contributed by atoms with E-state index in [0.717, 1.165) is 0 Å². The number of halogens is 1. The average molecular weight is 347 g/mol. The molecule has 2 rings (SSSR count). The smallest absolute Gasteiger partial charge is 0.263 e. The lowest BCUT2D eigenvalue weighted by molar-refractivity contribution is -0.139. The van der Waals surface area contributed by atoms with E-state index >= 15 is 0 Å². The van der Waals surface area contributed by atoms with E-state index in [-0.39, 0.29) is 5.91 Å². The summed E-state index contributed by atoms with van der Waals surface area (Å²) in [6, 6.07) is 6.79. The Morgan fingerprint density at radius 2 is 1.73 bits per heavy atom. The van der Waals surface area contributed by atoms with Crippen LogP contribution in [0.3, 0.4) is 0 Å². The fraction of sp³-hybridized carbons (Fsp3) is 0.500. The van der Waals surface area contributed by atoms with Crippen LogP contribution < -0.4 is 4.74 Å². The molecule has 1 amide bonds. The molecular weight excluding hydrogens is 328 g/mol. The summed E-state index contributed by atoms with van der Waals surface area (Å²) in [5.41, 5.74) is 0. The Hall–Kier alpha value is -1.31. The second-order valence-electron chi connectivity index (χ2n) is 5.20. The second-order valence-corrected chi connectivity index (χ2v) is 7.62. The van der Waals surface area contributed by atoms with Gasteiger partial charge in [-0.25, -0.2) is 8.42 Å². The van der Waals surface area contributed by atoms with E-state index in [9.17, 15) is 13.2 Å². The van der Waals surface area contributed by atoms with E-state index in [1.165, 1.54) is 10.6 Å². The molecule has 8 heteroatoms. The first-order valence-corrected chi connectivity index (χ1v) is 9.16. The average Bonchev–Trinajstić information content (AvgIpc) is 2.48. The third-order valence-electron chi connectivity index (χ3n) is 3.49. The summed E-state index contributed by atoms with van der Waals surface area (Å²) < 4.78 is 29.9. The lowest BCUT2D eigenvalue weighted by atomic mass is 10.2. The highest BCUT2D eigenvalue weighted by atomic mass is 35.5. The molecule has 1 aliphatic rings. The number of carbonyl (C=O) groups excluding carboxylic acids is 1. The number of piperazine rings is 1. The van der Waals surface area contributed by atoms with Crippen molar-refractivity contribution in [2.45, 2.75) is 13.0 Å². The first-order valence-electron chi connectivity index (χ1n) is 6.93. The van der Waals surface area contributed by atoms with Gasteiger partial charge in [-0.2, -0.15) is 4.31 Å². The van der Waals surface area contributed by atoms with Crippen molar-refractivity contribution in [1.82, 2.24) is 9.21 Å². The summed E-state index contributed by atoms with van der Waals surface area (Å²) in [4.78, 5) is 14.0. The van der Waals surface area contributed by atoms with Crippen molar-refractivity contribution in [2.75, 3.05) is 32.4 Å². The van der Waals surface area contributed by atoms with E-state index < -0.39 is 16.1 Å². The van der Waals surface area contributed by atoms with Gasteiger partial charge in [0.1, 0.15) is 5.75 Å². The first-order chi connectivity index (χ1) is 10.3. The number of benzene rings is 1. The van der Waals surface area contributed by atoms with Crippen LogP contribution >= 0.6 is 11.6 Å². The van der Waals surface area contributed by atoms with Crippen LogP contribution in [0.25, 0.3) is 0 Å². The third-order valence-corrected chi connectivity index (χ3v) is 5.05. The molecule has 0 saturated carbocycles. The van der Waals surface area contributed by atoms with Gasteiger partial charge in [0.15, 0.2) is 6.10 Å². The van der Waals surface area contributed by atoms with Gasteiger partial charge in [0, 0.05) is 31.2 Å². The Morgan fingerprint density at radius 3 is 2.23 bits per heavy atom. The molecule has 1 atom stereocenters. The van der Waals surface area contributed by atoms with Crippen LogP contribution in [0, 0.1) is 0 Å². The molecule has 1 saturated heterocycles. The number of amides is 1. The van der Waals surface area contributed by atoms with Crippen LogP contribution in [-0.4, -0.2) is 62.1 Å². The van der Waals surface area contributed by atoms with Gasteiger partial charge in [0.05, 0.1) is 6.26 Å². The Kier molecular flexibility index (Phi) is 5.31. The number of hydrogen-bond donors (Lipinski definition) is 0. The number of rotatable bonds is 4. The Bertz CT molecular complexity index is 625. The van der Waals surface area contributed by atoms with E-state index in [1.54, 1.807) is 36.1 Å². The standard InChI is InChI=1S/C14H19ClN2O4S/c1-11(21-13-5-3-12(15)4-6-13)14(18)16-7-9-17(10-8-16)22(2,19)20/h3-6,11H,7-10H2,1-2H3. The van der Waals surface area contributed by atoms with Crippen molar-refractivity contribution in [3.8, 4) is 5.75 Å². The summed E-state index contributed by atoms with van der Waals surface area (Å²) in [5.74, 6) is 0.420. The van der Waals surface area contributed by atoms with Gasteiger partial charge < -0.3 is 9.64 Å². The summed E-state index contributed by atoms with van der Waals surface area (Å²) in [6.45, 7) is 3.07. The Morgan fingerprint density at radius 1 is 1.18 bits per heavy atom. The predicted molar refractivity (Wildman–Crippen MR) is 84.5 cm³/mol. The molecule has 0 spiro atoms. The molecule has 0 radical (unpaired) electrons. The third kappa shape index (κ3) is 4.34. The summed E-state index contributed by atoms with van der Waals surface area (Å²) in [6.07, 6.45) is 0.544. The molecule has 0 aromatic heterocycles. The fourth-order valence-electron chi connectivity index (χ4n) is 2.26. The highest BCUT2D eigenvalue weighted by molar-refractivity contribution is 7.88. The quantitative estimate of drug-likeness (QED) is 0.822. The number of hydrogen-bond acceptors (Lipinski definition) is 4. The van der Waals surface area contributed by atoms with Crippen molar-refractivity contribution in [2.24, 2.45) is 0 Å². The van der Waals surface area contributed by atoms with Crippen LogP contribution in [-0.2, 0) is 14.8 Å². The zero-order valence-corrected chi connectivity index (χ0v) is 14.1. The largest absolute Gasteiger partial charge is 0.481 e. The second kappa shape index (κ2) is 6.85. The van der Waals surface area contributed by atoms with Crippen molar-refractivity contribution in [1.29, 1.82) is 0 Å². The zero-order chi connectivity index (χ0) is 16.3. The number of nitrogens with zero attached hydrogens (tertiary/aromatic N) is 2. The van der Waals surface area contributed by atoms with E-state index in [2.05, 4.69) is 0 Å². The molecular formula is C14H19ClN2O4S. The molecule has 0 aliphatic carbocycles. The van der Waals surface area contributed by atoms with Crippen LogP contribution in [0.4, 0.5) is 0 Å². The molecule has 1 heterocycles. The van der Waals surface area contributed by atoms with Crippen LogP contribution in [0.15, 0.2) is 24.3 Å². The molecule has 0 N–H and O–H groups in total. The minimum absolute atomic E-state index is 0.150. The van der Waals surface area contributed by atoms with Gasteiger partial charge in [0.2, 0.25) is 10.0 Å². The molecule has 22 heavy (non-hydrogen) atoms. The van der Waals surface area contributed by atoms with Gasteiger partial charge in [0.25, 0.3) is 5.91 Å². The van der Waals surface area contributed by atoms with Crippen molar-refractivity contribution >= 4 is 27.5 Å². The number of ether oxygens (including phenoxy) is 1. The molecule has 122 valence electrons. The lowest BCUT2D eigenvalue weighted by Crippen LogP contribution is -2.53. The number of sulfonamides is 1. The zero-order valence-electron chi connectivity index (χ0n) is 12.5. The van der Waals surface area contributed by atoms with Gasteiger partial charge in [-0.1, -0.05) is 11.6 Å². The summed E-state index contributed by atoms with van der Waals surface area (Å²) in [7, 11) is -3.20. The lowest BCUT2D eigenvalue weighted by Gasteiger charge is -2.34. The van der Waals surface area contributed by atoms with Gasteiger partial charge in [-0.3, -0.25) is 4.79 Å². The summed E-state index contributed by atoms with van der Waals surface area (Å²) in [5, 5.41) is 0.600. The molecule has 1 fully saturated rings. The maximum absolute atomic E-state index is 12.3. The molecule has 1 aromatic rings. The van der Waals surface area contributed by atoms with Gasteiger partial charge in [-0.15, -0.1) is 0 Å². The van der Waals surface area contributed by atoms with Crippen molar-refractivity contribution in [3.05, 3.63) is 29.3 Å². The normalized spacial score (nSPS) is 18.0. The van der Waals surface area contributed by atoms with Gasteiger partial charge in [-0.05, 0) is 31.2 Å². The van der Waals surface area contributed by atoms with Gasteiger partial charge >= 0.3 is 0 Å². The maximum atomic E-state index is 12.3. The highest BCUT2D eigenvalue weighted by Crippen LogP contribution is 2.18. The summed E-state index contributed by atoms with van der Waals surface area (Å²) >= 11 is 5.80. The molecule has 0 bridgehead atoms. The van der Waals surface area contributed by atoms with E-state index in [4.69, 9.17) is 16.3 Å². The minimum atomic E-state index is -3.20. The van der Waals surface area contributed by atoms with Crippen LogP contribution in [0.5, 0.6) is 5.75 Å². The highest BCUT2D eigenvalue weighted by Gasteiger charge is 2.29. The van der Waals surface area contributed by atoms with Crippen molar-refractivity contribution < 1.29 is 17.9 Å². The first kappa shape index (κ1) is 17.1. The fourth-order valence-corrected chi connectivity index (χ4v) is 3.22. The predicted octanol–water partition coefficient (Wildman–Crippen LogP) is 1.21. The molecule has 1 aromatic carbocycles. The number of carbonyl (C=O) groups is 1. The molecule has 1 aliphatic heterocycles. The van der Waals surface area contributed by atoms with Crippen LogP contribution in [0.1, 0.15) is 6.92 Å². The topological polar surface area (TPSA) is 66.9 Å². The molecule has 1 unspecified atom stereocenters. The van der Waals surface area contributed by atoms with Crippen LogP contribution in [0.2, 0.25) is 5.02 Å². The molecule has 6 nitrogen and oxygen atoms in total. The maximum Gasteiger partial charge on any atom is 0.263 e. The Balaban J connectivity index is 1.90. The van der Waals surface area contributed by atoms with E-state index in [1.807, 2.05) is 0 Å². The van der Waals surface area contributed by atoms with E-state index in [0.29, 0.717) is 37.0 Å². The monoisotopic (exact) mass is 346 g/mol. The Labute approximate surface area is 135 Å². The van der Waals surface area contributed by atoms with Crippen molar-refractivity contribution in [3.63, 3.8) is 0 Å².